The van der Waals surface area contributed by atoms with E-state index in [0.29, 0.717) is 18.5 Å². The summed E-state index contributed by atoms with van der Waals surface area (Å²) in [6.07, 6.45) is 1.85. The van der Waals surface area contributed by atoms with Crippen LogP contribution in [0.5, 0.6) is 0 Å². The minimum absolute atomic E-state index is 0.0225. The van der Waals surface area contributed by atoms with Crippen molar-refractivity contribution in [2.24, 2.45) is 21.5 Å². The Morgan fingerprint density at radius 3 is 2.53 bits per heavy atom. The number of aliphatic imine (C=N–C) groups is 2. The third kappa shape index (κ3) is 6.45. The summed E-state index contributed by atoms with van der Waals surface area (Å²) in [4.78, 5) is 8.41. The van der Waals surface area contributed by atoms with Crippen LogP contribution >= 0.6 is 0 Å². The van der Waals surface area contributed by atoms with Gasteiger partial charge in [-0.15, -0.1) is 0 Å². The van der Waals surface area contributed by atoms with Crippen molar-refractivity contribution in [3.8, 4) is 0 Å². The molecule has 5 heteroatoms. The summed E-state index contributed by atoms with van der Waals surface area (Å²) in [6, 6.07) is 10.5. The fourth-order valence-corrected chi connectivity index (χ4v) is 1.49. The van der Waals surface area contributed by atoms with Gasteiger partial charge in [0.25, 0.3) is 0 Å². The van der Waals surface area contributed by atoms with Gasteiger partial charge in [-0.25, -0.2) is 0 Å². The van der Waals surface area contributed by atoms with Crippen LogP contribution in [0, 0.1) is 0 Å². The number of hydrogen-bond donors (Lipinski definition) is 3. The highest BCUT2D eigenvalue weighted by Gasteiger charge is 2.02. The van der Waals surface area contributed by atoms with E-state index in [2.05, 4.69) is 41.3 Å². The van der Waals surface area contributed by atoms with Crippen molar-refractivity contribution in [3.05, 3.63) is 35.9 Å². The Morgan fingerprint density at radius 1 is 1.26 bits per heavy atom. The van der Waals surface area contributed by atoms with Gasteiger partial charge in [0.2, 0.25) is 5.96 Å². The van der Waals surface area contributed by atoms with E-state index in [1.165, 1.54) is 5.56 Å². The molecule has 0 radical (unpaired) electrons. The molecule has 5 nitrogen and oxygen atoms in total. The summed E-state index contributed by atoms with van der Waals surface area (Å²) in [5, 5.41) is 3.19. The van der Waals surface area contributed by atoms with E-state index >= 15 is 0 Å². The minimum Gasteiger partial charge on any atom is -0.370 e. The lowest BCUT2D eigenvalue weighted by atomic mass is 10.2. The molecule has 0 saturated carbocycles. The SMILES string of the molecule is CCC(C)NC(N=C(N)N)=NCCc1ccccc1. The van der Waals surface area contributed by atoms with E-state index in [4.69, 9.17) is 11.5 Å². The Kier molecular flexibility index (Phi) is 6.43. The van der Waals surface area contributed by atoms with Crippen LogP contribution in [0.4, 0.5) is 0 Å². The second-order valence-corrected chi connectivity index (χ2v) is 4.43. The quantitative estimate of drug-likeness (QED) is 0.550. The molecular weight excluding hydrogens is 238 g/mol. The molecule has 104 valence electrons. The van der Waals surface area contributed by atoms with E-state index in [1.807, 2.05) is 18.2 Å². The second kappa shape index (κ2) is 8.13. The van der Waals surface area contributed by atoms with Gasteiger partial charge >= 0.3 is 0 Å². The molecule has 0 aliphatic rings. The lowest BCUT2D eigenvalue weighted by molar-refractivity contribution is 0.636. The van der Waals surface area contributed by atoms with Gasteiger partial charge in [0.1, 0.15) is 0 Å². The maximum Gasteiger partial charge on any atom is 0.221 e. The van der Waals surface area contributed by atoms with Crippen molar-refractivity contribution < 1.29 is 0 Å². The highest BCUT2D eigenvalue weighted by molar-refractivity contribution is 5.93. The van der Waals surface area contributed by atoms with Gasteiger partial charge in [-0.3, -0.25) is 4.99 Å². The molecule has 0 aliphatic carbocycles. The van der Waals surface area contributed by atoms with E-state index < -0.39 is 0 Å². The number of hydrogen-bond acceptors (Lipinski definition) is 1. The van der Waals surface area contributed by atoms with Gasteiger partial charge in [-0.2, -0.15) is 4.99 Å². The Balaban J connectivity index is 2.59. The lowest BCUT2D eigenvalue weighted by Gasteiger charge is -2.12. The largest absolute Gasteiger partial charge is 0.370 e. The van der Waals surface area contributed by atoms with E-state index in [-0.39, 0.29) is 5.96 Å². The predicted molar refractivity (Wildman–Crippen MR) is 81.1 cm³/mol. The third-order valence-electron chi connectivity index (χ3n) is 2.73. The first-order valence-corrected chi connectivity index (χ1v) is 6.56. The van der Waals surface area contributed by atoms with Gasteiger partial charge in [0.05, 0.1) is 0 Å². The molecule has 0 saturated heterocycles. The van der Waals surface area contributed by atoms with Crippen molar-refractivity contribution in [2.45, 2.75) is 32.7 Å². The molecule has 1 atom stereocenters. The molecule has 0 bridgehead atoms. The maximum absolute atomic E-state index is 5.40. The van der Waals surface area contributed by atoms with Crippen molar-refractivity contribution in [3.63, 3.8) is 0 Å². The summed E-state index contributed by atoms with van der Waals surface area (Å²) in [5.74, 6) is 0.527. The molecule has 5 N–H and O–H groups in total. The second-order valence-electron chi connectivity index (χ2n) is 4.43. The number of benzene rings is 1. The third-order valence-corrected chi connectivity index (χ3v) is 2.73. The van der Waals surface area contributed by atoms with Crippen molar-refractivity contribution in [2.75, 3.05) is 6.54 Å². The number of nitrogens with one attached hydrogen (secondary N) is 1. The number of guanidine groups is 2. The van der Waals surface area contributed by atoms with Gasteiger partial charge in [0.15, 0.2) is 5.96 Å². The first-order valence-electron chi connectivity index (χ1n) is 6.56. The molecule has 0 amide bonds. The van der Waals surface area contributed by atoms with Crippen LogP contribution in [0.25, 0.3) is 0 Å². The Bertz CT molecular complexity index is 421. The van der Waals surface area contributed by atoms with E-state index in [1.54, 1.807) is 0 Å². The zero-order chi connectivity index (χ0) is 14.1. The summed E-state index contributed by atoms with van der Waals surface area (Å²) in [5.41, 5.74) is 12.0. The molecular formula is C14H23N5. The average Bonchev–Trinajstić information content (AvgIpc) is 2.39. The smallest absolute Gasteiger partial charge is 0.221 e. The summed E-state index contributed by atoms with van der Waals surface area (Å²) in [7, 11) is 0. The van der Waals surface area contributed by atoms with E-state index in [9.17, 15) is 0 Å². The standard InChI is InChI=1S/C14H23N5/c1-3-11(2)18-14(19-13(15)16)17-10-9-12-7-5-4-6-8-12/h4-8,11H,3,9-10H2,1-2H3,(H5,15,16,17,18,19). The fraction of sp³-hybridized carbons (Fsp3) is 0.429. The normalized spacial score (nSPS) is 12.8. The highest BCUT2D eigenvalue weighted by Crippen LogP contribution is 1.99. The Hall–Kier alpha value is -2.04. The highest BCUT2D eigenvalue weighted by atomic mass is 15.2. The van der Waals surface area contributed by atoms with Gasteiger partial charge in [-0.1, -0.05) is 37.3 Å². The van der Waals surface area contributed by atoms with Crippen LogP contribution in [0.2, 0.25) is 0 Å². The first kappa shape index (κ1) is 15.0. The minimum atomic E-state index is 0.0225. The van der Waals surface area contributed by atoms with Gasteiger partial charge in [-0.05, 0) is 25.3 Å². The van der Waals surface area contributed by atoms with Gasteiger partial charge < -0.3 is 16.8 Å². The monoisotopic (exact) mass is 261 g/mol. The molecule has 1 rings (SSSR count). The fourth-order valence-electron chi connectivity index (χ4n) is 1.49. The summed E-state index contributed by atoms with van der Waals surface area (Å²) < 4.78 is 0. The van der Waals surface area contributed by atoms with Crippen molar-refractivity contribution in [1.82, 2.24) is 5.32 Å². The van der Waals surface area contributed by atoms with Crippen molar-refractivity contribution >= 4 is 11.9 Å². The van der Waals surface area contributed by atoms with Crippen LogP contribution in [0.15, 0.2) is 40.3 Å². The average molecular weight is 261 g/mol. The molecule has 1 aromatic carbocycles. The van der Waals surface area contributed by atoms with Crippen LogP contribution in [-0.2, 0) is 6.42 Å². The van der Waals surface area contributed by atoms with Crippen LogP contribution in [0.3, 0.4) is 0 Å². The zero-order valence-electron chi connectivity index (χ0n) is 11.6. The molecule has 1 unspecified atom stereocenters. The molecule has 0 fully saturated rings. The predicted octanol–water partition coefficient (Wildman–Crippen LogP) is 1.25. The van der Waals surface area contributed by atoms with Gasteiger partial charge in [0, 0.05) is 12.6 Å². The molecule has 0 heterocycles. The van der Waals surface area contributed by atoms with Crippen LogP contribution in [-0.4, -0.2) is 24.5 Å². The van der Waals surface area contributed by atoms with Crippen LogP contribution in [0.1, 0.15) is 25.8 Å². The number of nitrogens with zero attached hydrogens (tertiary/aromatic N) is 2. The number of rotatable bonds is 5. The summed E-state index contributed by atoms with van der Waals surface area (Å²) in [6.45, 7) is 4.81. The van der Waals surface area contributed by atoms with Crippen LogP contribution < -0.4 is 16.8 Å². The first-order chi connectivity index (χ1) is 9.11. The molecule has 0 aliphatic heterocycles. The Morgan fingerprint density at radius 2 is 1.95 bits per heavy atom. The van der Waals surface area contributed by atoms with Crippen molar-refractivity contribution in [1.29, 1.82) is 0 Å². The molecule has 0 aromatic heterocycles. The Labute approximate surface area is 114 Å². The van der Waals surface area contributed by atoms with E-state index in [0.717, 1.165) is 12.8 Å². The zero-order valence-corrected chi connectivity index (χ0v) is 11.6. The topological polar surface area (TPSA) is 88.8 Å². The molecule has 19 heavy (non-hydrogen) atoms. The lowest BCUT2D eigenvalue weighted by Crippen LogP contribution is -2.34. The maximum atomic E-state index is 5.40. The molecule has 1 aromatic rings. The summed E-state index contributed by atoms with van der Waals surface area (Å²) >= 11 is 0. The number of nitrogens with two attached hydrogens (primary N) is 2. The molecule has 0 spiro atoms.